The highest BCUT2D eigenvalue weighted by Gasteiger charge is 2.20. The molecule has 24 heavy (non-hydrogen) atoms. The van der Waals surface area contributed by atoms with E-state index in [4.69, 9.17) is 4.74 Å². The quantitative estimate of drug-likeness (QED) is 0.818. The lowest BCUT2D eigenvalue weighted by molar-refractivity contribution is -0.124. The molecule has 130 valence electrons. The smallest absolute Gasteiger partial charge is 0.257 e. The number of hydrogen-bond donors (Lipinski definition) is 2. The van der Waals surface area contributed by atoms with Gasteiger partial charge in [-0.15, -0.1) is 0 Å². The number of carbonyl (C=O) groups is 1. The first kappa shape index (κ1) is 18.0. The van der Waals surface area contributed by atoms with E-state index in [9.17, 15) is 9.90 Å². The Balaban J connectivity index is 2.15. The lowest BCUT2D eigenvalue weighted by Gasteiger charge is -2.14. The molecular weight excluding hydrogens is 306 g/mol. The molecule has 1 atom stereocenters. The Morgan fingerprint density at radius 2 is 2.17 bits per heavy atom. The van der Waals surface area contributed by atoms with Crippen LogP contribution in [0, 0.1) is 5.92 Å². The molecule has 0 spiro atoms. The van der Waals surface area contributed by atoms with E-state index in [2.05, 4.69) is 24.3 Å². The summed E-state index contributed by atoms with van der Waals surface area (Å²) >= 11 is 0. The molecule has 0 radical (unpaired) electrons. The Labute approximate surface area is 142 Å². The van der Waals surface area contributed by atoms with Crippen molar-refractivity contribution < 1.29 is 14.6 Å². The molecule has 1 aromatic heterocycles. The molecule has 2 aromatic rings. The maximum atomic E-state index is 12.4. The molecule has 0 aliphatic carbocycles. The van der Waals surface area contributed by atoms with E-state index >= 15 is 0 Å². The molecule has 1 heterocycles. The van der Waals surface area contributed by atoms with Gasteiger partial charge in [0.2, 0.25) is 0 Å². The number of carbonyl (C=O) groups excluding carboxylic acids is 1. The summed E-state index contributed by atoms with van der Waals surface area (Å²) in [4.78, 5) is 12.4. The molecule has 6 nitrogen and oxygen atoms in total. The van der Waals surface area contributed by atoms with Crippen LogP contribution in [0.1, 0.15) is 38.1 Å². The van der Waals surface area contributed by atoms with E-state index in [1.165, 1.54) is 0 Å². The zero-order chi connectivity index (χ0) is 17.7. The number of methoxy groups -OCH3 is 1. The predicted octanol–water partition coefficient (Wildman–Crippen LogP) is 2.78. The zero-order valence-electron chi connectivity index (χ0n) is 14.6. The summed E-state index contributed by atoms with van der Waals surface area (Å²) in [6, 6.07) is 6.84. The first-order valence-corrected chi connectivity index (χ1v) is 8.13. The molecular formula is C18H25N3O3. The minimum absolute atomic E-state index is 0.459. The van der Waals surface area contributed by atoms with E-state index in [0.717, 1.165) is 18.7 Å². The van der Waals surface area contributed by atoms with Crippen LogP contribution in [-0.4, -0.2) is 27.9 Å². The first-order chi connectivity index (χ1) is 11.5. The van der Waals surface area contributed by atoms with Gasteiger partial charge < -0.3 is 15.2 Å². The van der Waals surface area contributed by atoms with Gasteiger partial charge in [0, 0.05) is 6.54 Å². The highest BCUT2D eigenvalue weighted by molar-refractivity contribution is 5.95. The fraction of sp³-hybridized carbons (Fsp3) is 0.444. The number of amides is 1. The molecule has 0 fully saturated rings. The molecule has 1 unspecified atom stereocenters. The van der Waals surface area contributed by atoms with Crippen molar-refractivity contribution in [2.45, 2.75) is 39.8 Å². The molecule has 1 amide bonds. The topological polar surface area (TPSA) is 76.4 Å². The highest BCUT2D eigenvalue weighted by Crippen LogP contribution is 2.22. The van der Waals surface area contributed by atoms with E-state index < -0.39 is 12.0 Å². The summed E-state index contributed by atoms with van der Waals surface area (Å²) in [6.07, 6.45) is 1.12. The van der Waals surface area contributed by atoms with Gasteiger partial charge in [-0.05, 0) is 30.0 Å². The number of ether oxygens (including phenoxy) is 1. The zero-order valence-corrected chi connectivity index (χ0v) is 14.6. The third kappa shape index (κ3) is 4.14. The van der Waals surface area contributed by atoms with E-state index in [1.807, 2.05) is 11.6 Å². The van der Waals surface area contributed by atoms with Gasteiger partial charge in [-0.2, -0.15) is 5.10 Å². The lowest BCUT2D eigenvalue weighted by Crippen LogP contribution is -2.21. The summed E-state index contributed by atoms with van der Waals surface area (Å²) < 4.78 is 7.02. The van der Waals surface area contributed by atoms with Crippen molar-refractivity contribution in [3.8, 4) is 5.75 Å². The van der Waals surface area contributed by atoms with Crippen molar-refractivity contribution in [1.29, 1.82) is 0 Å². The molecule has 0 aliphatic heterocycles. The number of aliphatic hydroxyl groups excluding tert-OH is 1. The largest absolute Gasteiger partial charge is 0.497 e. The predicted molar refractivity (Wildman–Crippen MR) is 93.0 cm³/mol. The Morgan fingerprint density at radius 3 is 2.79 bits per heavy atom. The summed E-state index contributed by atoms with van der Waals surface area (Å²) in [6.45, 7) is 7.04. The van der Waals surface area contributed by atoms with Gasteiger partial charge in [0.15, 0.2) is 6.10 Å². The summed E-state index contributed by atoms with van der Waals surface area (Å²) in [5.74, 6) is 0.571. The third-order valence-electron chi connectivity index (χ3n) is 3.74. The van der Waals surface area contributed by atoms with Crippen LogP contribution < -0.4 is 10.1 Å². The fourth-order valence-electron chi connectivity index (χ4n) is 2.56. The monoisotopic (exact) mass is 331 g/mol. The molecule has 6 heteroatoms. The van der Waals surface area contributed by atoms with Gasteiger partial charge in [-0.3, -0.25) is 9.48 Å². The molecule has 0 bridgehead atoms. The van der Waals surface area contributed by atoms with Gasteiger partial charge in [0.1, 0.15) is 5.75 Å². The van der Waals surface area contributed by atoms with Gasteiger partial charge in [0.05, 0.1) is 24.7 Å². The maximum absolute atomic E-state index is 12.4. The van der Waals surface area contributed by atoms with E-state index in [1.54, 1.807) is 37.6 Å². The second kappa shape index (κ2) is 7.97. The number of aliphatic hydroxyl groups is 1. The number of nitrogens with zero attached hydrogens (tertiary/aromatic N) is 2. The van der Waals surface area contributed by atoms with Crippen LogP contribution in [0.3, 0.4) is 0 Å². The van der Waals surface area contributed by atoms with Crippen LogP contribution in [-0.2, 0) is 17.8 Å². The van der Waals surface area contributed by atoms with Gasteiger partial charge in [0.25, 0.3) is 5.91 Å². The minimum Gasteiger partial charge on any atom is -0.497 e. The fourth-order valence-corrected chi connectivity index (χ4v) is 2.56. The SMILES string of the molecule is CCc1c(NC(=O)C(O)c2cccc(OC)c2)cnn1CC(C)C. The highest BCUT2D eigenvalue weighted by atomic mass is 16.5. The van der Waals surface area contributed by atoms with Crippen molar-refractivity contribution in [3.63, 3.8) is 0 Å². The minimum atomic E-state index is -1.27. The van der Waals surface area contributed by atoms with Crippen molar-refractivity contribution in [1.82, 2.24) is 9.78 Å². The second-order valence-electron chi connectivity index (χ2n) is 6.10. The van der Waals surface area contributed by atoms with Crippen molar-refractivity contribution >= 4 is 11.6 Å². The van der Waals surface area contributed by atoms with Crippen molar-refractivity contribution in [2.24, 2.45) is 5.92 Å². The Hall–Kier alpha value is -2.34. The number of anilines is 1. The van der Waals surface area contributed by atoms with Crippen LogP contribution in [0.15, 0.2) is 30.5 Å². The third-order valence-corrected chi connectivity index (χ3v) is 3.74. The Morgan fingerprint density at radius 1 is 1.42 bits per heavy atom. The Bertz CT molecular complexity index is 695. The van der Waals surface area contributed by atoms with Crippen LogP contribution in [0.4, 0.5) is 5.69 Å². The number of aromatic nitrogens is 2. The molecule has 2 rings (SSSR count). The van der Waals surface area contributed by atoms with Gasteiger partial charge in [-0.25, -0.2) is 0 Å². The average Bonchev–Trinajstić information content (AvgIpc) is 2.94. The number of benzene rings is 1. The van der Waals surface area contributed by atoms with Crippen molar-refractivity contribution in [3.05, 3.63) is 41.7 Å². The Kier molecular flexibility index (Phi) is 5.98. The number of nitrogens with one attached hydrogen (secondary N) is 1. The second-order valence-corrected chi connectivity index (χ2v) is 6.10. The summed E-state index contributed by atoms with van der Waals surface area (Å²) in [5, 5.41) is 17.4. The number of hydrogen-bond acceptors (Lipinski definition) is 4. The van der Waals surface area contributed by atoms with Gasteiger partial charge >= 0.3 is 0 Å². The van der Waals surface area contributed by atoms with E-state index in [-0.39, 0.29) is 0 Å². The molecule has 1 aromatic carbocycles. The normalized spacial score (nSPS) is 12.2. The van der Waals surface area contributed by atoms with Crippen molar-refractivity contribution in [2.75, 3.05) is 12.4 Å². The lowest BCUT2D eigenvalue weighted by atomic mass is 10.1. The standard InChI is InChI=1S/C18H25N3O3/c1-5-16-15(10-19-21(16)11-12(2)3)20-18(23)17(22)13-7-6-8-14(9-13)24-4/h6-10,12,17,22H,5,11H2,1-4H3,(H,20,23). The average molecular weight is 331 g/mol. The molecule has 0 saturated heterocycles. The van der Waals surface area contributed by atoms with Crippen LogP contribution in [0.5, 0.6) is 5.75 Å². The summed E-state index contributed by atoms with van der Waals surface area (Å²) in [5.41, 5.74) is 2.08. The van der Waals surface area contributed by atoms with E-state index in [0.29, 0.717) is 22.9 Å². The number of rotatable bonds is 7. The molecule has 0 saturated carbocycles. The van der Waals surface area contributed by atoms with Crippen LogP contribution >= 0.6 is 0 Å². The first-order valence-electron chi connectivity index (χ1n) is 8.13. The van der Waals surface area contributed by atoms with Crippen LogP contribution in [0.2, 0.25) is 0 Å². The molecule has 0 aliphatic rings. The summed E-state index contributed by atoms with van der Waals surface area (Å²) in [7, 11) is 1.54. The van der Waals surface area contributed by atoms with Gasteiger partial charge in [-0.1, -0.05) is 32.9 Å². The maximum Gasteiger partial charge on any atom is 0.257 e. The van der Waals surface area contributed by atoms with Crippen LogP contribution in [0.25, 0.3) is 0 Å². The molecule has 2 N–H and O–H groups in total.